The summed E-state index contributed by atoms with van der Waals surface area (Å²) < 4.78 is 11.0. The van der Waals surface area contributed by atoms with Gasteiger partial charge in [-0.15, -0.1) is 0 Å². The zero-order valence-electron chi connectivity index (χ0n) is 17.2. The number of carbonyl (C=O) groups is 2. The van der Waals surface area contributed by atoms with E-state index in [-0.39, 0.29) is 23.3 Å². The van der Waals surface area contributed by atoms with E-state index in [0.29, 0.717) is 26.0 Å². The predicted molar refractivity (Wildman–Crippen MR) is 109 cm³/mol. The van der Waals surface area contributed by atoms with Crippen LogP contribution in [0.3, 0.4) is 0 Å². The molecule has 0 unspecified atom stereocenters. The van der Waals surface area contributed by atoms with Crippen LogP contribution in [0.25, 0.3) is 0 Å². The lowest BCUT2D eigenvalue weighted by molar-refractivity contribution is -0.137. The number of likely N-dealkylation sites (tertiary alicyclic amines) is 2. The summed E-state index contributed by atoms with van der Waals surface area (Å²) in [5.74, 6) is 1.20. The molecule has 2 amide bonds. The Labute approximate surface area is 172 Å². The molecule has 1 spiro atoms. The minimum Gasteiger partial charge on any atom is -0.497 e. The molecule has 0 aliphatic carbocycles. The van der Waals surface area contributed by atoms with Gasteiger partial charge in [0, 0.05) is 51.1 Å². The van der Waals surface area contributed by atoms with Crippen LogP contribution in [-0.2, 0) is 20.9 Å². The normalized spacial score (nSPS) is 24.2. The number of carbonyl (C=O) groups excluding carboxylic acids is 2. The second-order valence-electron chi connectivity index (χ2n) is 8.56. The van der Waals surface area contributed by atoms with Gasteiger partial charge in [-0.25, -0.2) is 0 Å². The van der Waals surface area contributed by atoms with Gasteiger partial charge in [-0.05, 0) is 30.5 Å². The summed E-state index contributed by atoms with van der Waals surface area (Å²) in [6.07, 6.45) is 2.81. The van der Waals surface area contributed by atoms with Crippen LogP contribution in [-0.4, -0.2) is 74.2 Å². The lowest BCUT2D eigenvalue weighted by Crippen LogP contribution is -2.47. The Morgan fingerprint density at radius 2 is 2.17 bits per heavy atom. The number of benzene rings is 1. The number of piperidine rings is 1. The van der Waals surface area contributed by atoms with Crippen molar-refractivity contribution in [2.75, 3.05) is 46.4 Å². The first-order chi connectivity index (χ1) is 14.1. The highest BCUT2D eigenvalue weighted by molar-refractivity contribution is 5.80. The van der Waals surface area contributed by atoms with Gasteiger partial charge in [-0.1, -0.05) is 12.1 Å². The quantitative estimate of drug-likeness (QED) is 0.808. The number of methoxy groups -OCH3 is 1. The Bertz CT molecular complexity index is 739. The van der Waals surface area contributed by atoms with Crippen molar-refractivity contribution in [2.45, 2.75) is 38.3 Å². The van der Waals surface area contributed by atoms with Gasteiger partial charge in [-0.2, -0.15) is 0 Å². The highest BCUT2D eigenvalue weighted by Crippen LogP contribution is 2.41. The number of hydrogen-bond acceptors (Lipinski definition) is 5. The van der Waals surface area contributed by atoms with Crippen molar-refractivity contribution in [3.05, 3.63) is 29.8 Å². The smallest absolute Gasteiger partial charge is 0.225 e. The van der Waals surface area contributed by atoms with Crippen LogP contribution < -0.4 is 10.1 Å². The lowest BCUT2D eigenvalue weighted by Gasteiger charge is -2.39. The fraction of sp³-hybridized carbons (Fsp3) is 0.636. The molecule has 29 heavy (non-hydrogen) atoms. The predicted octanol–water partition coefficient (Wildman–Crippen LogP) is 1.41. The van der Waals surface area contributed by atoms with Crippen molar-refractivity contribution in [2.24, 2.45) is 5.41 Å². The van der Waals surface area contributed by atoms with Crippen molar-refractivity contribution >= 4 is 11.8 Å². The average molecular weight is 402 g/mol. The molecule has 158 valence electrons. The van der Waals surface area contributed by atoms with Gasteiger partial charge >= 0.3 is 0 Å². The number of morpholine rings is 1. The molecule has 7 nitrogen and oxygen atoms in total. The molecule has 4 rings (SSSR count). The molecule has 0 saturated carbocycles. The molecule has 3 fully saturated rings. The number of nitrogens with one attached hydrogen (secondary N) is 1. The Hall–Kier alpha value is -2.12. The summed E-state index contributed by atoms with van der Waals surface area (Å²) in [4.78, 5) is 29.2. The Morgan fingerprint density at radius 3 is 2.90 bits per heavy atom. The Morgan fingerprint density at radius 1 is 1.34 bits per heavy atom. The van der Waals surface area contributed by atoms with Crippen LogP contribution in [0.2, 0.25) is 0 Å². The van der Waals surface area contributed by atoms with Gasteiger partial charge < -0.3 is 24.6 Å². The molecular weight excluding hydrogens is 370 g/mol. The summed E-state index contributed by atoms with van der Waals surface area (Å²) >= 11 is 0. The van der Waals surface area contributed by atoms with Gasteiger partial charge in [0.15, 0.2) is 0 Å². The Balaban J connectivity index is 1.30. The number of ether oxygens (including phenoxy) is 2. The van der Waals surface area contributed by atoms with Crippen LogP contribution in [0.1, 0.15) is 31.2 Å². The van der Waals surface area contributed by atoms with Crippen LogP contribution in [0.5, 0.6) is 5.75 Å². The van der Waals surface area contributed by atoms with E-state index in [4.69, 9.17) is 9.47 Å². The van der Waals surface area contributed by atoms with E-state index < -0.39 is 0 Å². The monoisotopic (exact) mass is 401 g/mol. The summed E-state index contributed by atoms with van der Waals surface area (Å²) in [7, 11) is 1.65. The molecule has 3 aliphatic rings. The molecule has 7 heteroatoms. The highest BCUT2D eigenvalue weighted by atomic mass is 16.5. The fourth-order valence-corrected chi connectivity index (χ4v) is 4.76. The third-order valence-electron chi connectivity index (χ3n) is 6.50. The van der Waals surface area contributed by atoms with Crippen molar-refractivity contribution in [3.8, 4) is 5.75 Å². The zero-order chi connectivity index (χ0) is 20.3. The zero-order valence-corrected chi connectivity index (χ0v) is 17.2. The first kappa shape index (κ1) is 20.2. The molecular formula is C22H31N3O4. The van der Waals surface area contributed by atoms with Crippen molar-refractivity contribution < 1.29 is 19.1 Å². The van der Waals surface area contributed by atoms with Gasteiger partial charge in [0.2, 0.25) is 11.8 Å². The molecule has 1 aromatic carbocycles. The molecule has 1 N–H and O–H groups in total. The third-order valence-corrected chi connectivity index (χ3v) is 6.50. The summed E-state index contributed by atoms with van der Waals surface area (Å²) in [5.41, 5.74) is 1.10. The standard InChI is InChI=1S/C22H31N3O4/c1-28-18-4-2-3-17(11-18)15-25-16-22(13-21(25)27)5-8-24(9-6-22)20(26)12-19-14-23-7-10-29-19/h2-4,11,19,23H,5-10,12-16H2,1H3/t19-/m1/s1. The van der Waals surface area contributed by atoms with Crippen LogP contribution >= 0.6 is 0 Å². The second-order valence-corrected chi connectivity index (χ2v) is 8.56. The van der Waals surface area contributed by atoms with Gasteiger partial charge in [-0.3, -0.25) is 9.59 Å². The van der Waals surface area contributed by atoms with Crippen molar-refractivity contribution in [1.29, 1.82) is 0 Å². The maximum absolute atomic E-state index is 12.7. The van der Waals surface area contributed by atoms with Crippen LogP contribution in [0.15, 0.2) is 24.3 Å². The van der Waals surface area contributed by atoms with E-state index in [2.05, 4.69) is 5.32 Å². The highest BCUT2D eigenvalue weighted by Gasteiger charge is 2.45. The number of hydrogen-bond donors (Lipinski definition) is 1. The number of rotatable bonds is 5. The van der Waals surface area contributed by atoms with E-state index in [1.165, 1.54) is 0 Å². The van der Waals surface area contributed by atoms with Crippen molar-refractivity contribution in [3.63, 3.8) is 0 Å². The first-order valence-corrected chi connectivity index (χ1v) is 10.6. The molecule has 3 saturated heterocycles. The van der Waals surface area contributed by atoms with Gasteiger partial charge in [0.25, 0.3) is 0 Å². The van der Waals surface area contributed by atoms with E-state index in [9.17, 15) is 9.59 Å². The number of nitrogens with zero attached hydrogens (tertiary/aromatic N) is 2. The average Bonchev–Trinajstić information content (AvgIpc) is 3.03. The molecule has 3 aliphatic heterocycles. The first-order valence-electron chi connectivity index (χ1n) is 10.6. The second kappa shape index (κ2) is 8.71. The maximum atomic E-state index is 12.7. The molecule has 1 aromatic rings. The topological polar surface area (TPSA) is 71.1 Å². The largest absolute Gasteiger partial charge is 0.497 e. The van der Waals surface area contributed by atoms with E-state index in [1.807, 2.05) is 34.1 Å². The molecule has 1 atom stereocenters. The van der Waals surface area contributed by atoms with E-state index in [0.717, 1.165) is 56.9 Å². The van der Waals surface area contributed by atoms with Crippen LogP contribution in [0.4, 0.5) is 0 Å². The maximum Gasteiger partial charge on any atom is 0.225 e. The number of amides is 2. The van der Waals surface area contributed by atoms with Crippen molar-refractivity contribution in [1.82, 2.24) is 15.1 Å². The van der Waals surface area contributed by atoms with Crippen LogP contribution in [0, 0.1) is 5.41 Å². The minimum atomic E-state index is -0.0152. The Kier molecular flexibility index (Phi) is 6.06. The molecule has 0 radical (unpaired) electrons. The third kappa shape index (κ3) is 4.73. The molecule has 3 heterocycles. The fourth-order valence-electron chi connectivity index (χ4n) is 4.76. The molecule has 0 bridgehead atoms. The minimum absolute atomic E-state index is 0.00955. The van der Waals surface area contributed by atoms with Gasteiger partial charge in [0.05, 0.1) is 26.2 Å². The molecule has 0 aromatic heterocycles. The summed E-state index contributed by atoms with van der Waals surface area (Å²) in [6, 6.07) is 7.89. The lowest BCUT2D eigenvalue weighted by atomic mass is 9.77. The summed E-state index contributed by atoms with van der Waals surface area (Å²) in [6.45, 7) is 5.15. The van der Waals surface area contributed by atoms with Gasteiger partial charge in [0.1, 0.15) is 5.75 Å². The SMILES string of the molecule is COc1cccc(CN2CC3(CCN(C(=O)C[C@@H]4CNCCO4)CC3)CC2=O)c1. The van der Waals surface area contributed by atoms with E-state index >= 15 is 0 Å². The van der Waals surface area contributed by atoms with E-state index in [1.54, 1.807) is 7.11 Å². The summed E-state index contributed by atoms with van der Waals surface area (Å²) in [5, 5.41) is 3.27.